The van der Waals surface area contributed by atoms with Gasteiger partial charge in [0.25, 0.3) is 5.91 Å². The molecule has 2 unspecified atom stereocenters. The van der Waals surface area contributed by atoms with Gasteiger partial charge < -0.3 is 15.2 Å². The highest BCUT2D eigenvalue weighted by atomic mass is 32.1. The monoisotopic (exact) mass is 297 g/mol. The molecule has 20 heavy (non-hydrogen) atoms. The second kappa shape index (κ2) is 6.74. The Hall–Kier alpha value is -1.56. The van der Waals surface area contributed by atoms with Crippen molar-refractivity contribution in [3.05, 3.63) is 16.3 Å². The SMILES string of the molecule is COc1csc(C(=O)NCC2CCCCC2C(=O)O)c1. The molecule has 110 valence electrons. The third-order valence-corrected chi connectivity index (χ3v) is 4.69. The van der Waals surface area contributed by atoms with Gasteiger partial charge in [-0.05, 0) is 18.8 Å². The molecule has 2 N–H and O–H groups in total. The van der Waals surface area contributed by atoms with Crippen LogP contribution in [0.1, 0.15) is 35.4 Å². The fourth-order valence-electron chi connectivity index (χ4n) is 2.63. The fourth-order valence-corrected chi connectivity index (χ4v) is 3.40. The van der Waals surface area contributed by atoms with E-state index in [1.165, 1.54) is 11.3 Å². The fraction of sp³-hybridized carbons (Fsp3) is 0.571. The summed E-state index contributed by atoms with van der Waals surface area (Å²) in [5, 5.41) is 13.8. The van der Waals surface area contributed by atoms with Crippen LogP contribution in [0.4, 0.5) is 0 Å². The lowest BCUT2D eigenvalue weighted by molar-refractivity contribution is -0.144. The van der Waals surface area contributed by atoms with Gasteiger partial charge in [0.05, 0.1) is 17.9 Å². The number of hydrogen-bond acceptors (Lipinski definition) is 4. The molecule has 1 aromatic rings. The highest BCUT2D eigenvalue weighted by molar-refractivity contribution is 7.12. The van der Waals surface area contributed by atoms with Crippen molar-refractivity contribution in [2.24, 2.45) is 11.8 Å². The molecule has 2 atom stereocenters. The maximum Gasteiger partial charge on any atom is 0.306 e. The quantitative estimate of drug-likeness (QED) is 0.875. The Kier molecular flexibility index (Phi) is 5.00. The number of carbonyl (C=O) groups is 2. The number of thiophene rings is 1. The van der Waals surface area contributed by atoms with Gasteiger partial charge in [-0.25, -0.2) is 0 Å². The smallest absolute Gasteiger partial charge is 0.306 e. The average Bonchev–Trinajstić information content (AvgIpc) is 2.94. The largest absolute Gasteiger partial charge is 0.496 e. The molecule has 0 bridgehead atoms. The summed E-state index contributed by atoms with van der Waals surface area (Å²) in [6.07, 6.45) is 3.58. The van der Waals surface area contributed by atoms with Gasteiger partial charge in [-0.15, -0.1) is 11.3 Å². The van der Waals surface area contributed by atoms with Gasteiger partial charge in [0.15, 0.2) is 0 Å². The number of carboxylic acid groups (broad SMARTS) is 1. The zero-order valence-electron chi connectivity index (χ0n) is 11.4. The Balaban J connectivity index is 1.90. The number of ether oxygens (including phenoxy) is 1. The molecule has 1 saturated carbocycles. The number of methoxy groups -OCH3 is 1. The predicted molar refractivity (Wildman–Crippen MR) is 76.3 cm³/mol. The van der Waals surface area contributed by atoms with Gasteiger partial charge in [0.2, 0.25) is 0 Å². The highest BCUT2D eigenvalue weighted by Gasteiger charge is 2.30. The van der Waals surface area contributed by atoms with Crippen molar-refractivity contribution in [3.8, 4) is 5.75 Å². The molecule has 1 heterocycles. The lowest BCUT2D eigenvalue weighted by atomic mass is 9.79. The van der Waals surface area contributed by atoms with Crippen molar-refractivity contribution in [1.82, 2.24) is 5.32 Å². The molecule has 5 nitrogen and oxygen atoms in total. The molecule has 1 aliphatic rings. The Morgan fingerprint density at radius 3 is 2.85 bits per heavy atom. The highest BCUT2D eigenvalue weighted by Crippen LogP contribution is 2.30. The van der Waals surface area contributed by atoms with Crippen LogP contribution in [0.5, 0.6) is 5.75 Å². The van der Waals surface area contributed by atoms with E-state index >= 15 is 0 Å². The van der Waals surface area contributed by atoms with Gasteiger partial charge in [0, 0.05) is 18.0 Å². The van der Waals surface area contributed by atoms with Crippen molar-refractivity contribution in [3.63, 3.8) is 0 Å². The maximum atomic E-state index is 12.0. The molecule has 1 aliphatic carbocycles. The second-order valence-electron chi connectivity index (χ2n) is 5.05. The normalized spacial score (nSPS) is 22.2. The van der Waals surface area contributed by atoms with E-state index in [2.05, 4.69) is 5.32 Å². The first kappa shape index (κ1) is 14.8. The Morgan fingerprint density at radius 1 is 1.45 bits per heavy atom. The van der Waals surface area contributed by atoms with Crippen molar-refractivity contribution >= 4 is 23.2 Å². The van der Waals surface area contributed by atoms with Crippen molar-refractivity contribution in [1.29, 1.82) is 0 Å². The number of amides is 1. The molecule has 0 aliphatic heterocycles. The number of nitrogens with one attached hydrogen (secondary N) is 1. The minimum atomic E-state index is -0.748. The van der Waals surface area contributed by atoms with Gasteiger partial charge >= 0.3 is 5.97 Å². The van der Waals surface area contributed by atoms with E-state index in [9.17, 15) is 14.7 Å². The average molecular weight is 297 g/mol. The topological polar surface area (TPSA) is 75.6 Å². The Labute approximate surface area is 121 Å². The van der Waals surface area contributed by atoms with E-state index in [-0.39, 0.29) is 17.7 Å². The summed E-state index contributed by atoms with van der Waals surface area (Å²) in [7, 11) is 1.56. The first-order valence-electron chi connectivity index (χ1n) is 6.75. The first-order valence-corrected chi connectivity index (χ1v) is 7.63. The first-order chi connectivity index (χ1) is 9.61. The number of aliphatic carboxylic acids is 1. The van der Waals surface area contributed by atoms with Gasteiger partial charge in [0.1, 0.15) is 5.75 Å². The van der Waals surface area contributed by atoms with Crippen LogP contribution in [0.3, 0.4) is 0 Å². The van der Waals surface area contributed by atoms with Crippen molar-refractivity contribution in [2.75, 3.05) is 13.7 Å². The van der Waals surface area contributed by atoms with Gasteiger partial charge in [-0.2, -0.15) is 0 Å². The standard InChI is InChI=1S/C14H19NO4S/c1-19-10-6-12(20-8-10)13(16)15-7-9-4-2-3-5-11(9)14(17)18/h6,8-9,11H,2-5,7H2,1H3,(H,15,16)(H,17,18). The minimum absolute atomic E-state index is 0.0343. The zero-order chi connectivity index (χ0) is 14.5. The number of carboxylic acids is 1. The molecular formula is C14H19NO4S. The summed E-state index contributed by atoms with van der Waals surface area (Å²) in [4.78, 5) is 23.8. The molecule has 0 spiro atoms. The van der Waals surface area contributed by atoms with E-state index in [0.29, 0.717) is 23.6 Å². The molecule has 6 heteroatoms. The second-order valence-corrected chi connectivity index (χ2v) is 5.96. The molecule has 1 aromatic heterocycles. The van der Waals surface area contributed by atoms with E-state index < -0.39 is 5.97 Å². The maximum absolute atomic E-state index is 12.0. The minimum Gasteiger partial charge on any atom is -0.496 e. The number of carbonyl (C=O) groups excluding carboxylic acids is 1. The lowest BCUT2D eigenvalue weighted by Gasteiger charge is -2.28. The van der Waals surface area contributed by atoms with Crippen LogP contribution in [-0.2, 0) is 4.79 Å². The molecule has 2 rings (SSSR count). The van der Waals surface area contributed by atoms with E-state index in [4.69, 9.17) is 4.74 Å². The predicted octanol–water partition coefficient (Wildman–Crippen LogP) is 2.38. The van der Waals surface area contributed by atoms with Crippen LogP contribution in [0.25, 0.3) is 0 Å². The molecule has 0 radical (unpaired) electrons. The number of rotatable bonds is 5. The van der Waals surface area contributed by atoms with Crippen LogP contribution >= 0.6 is 11.3 Å². The molecular weight excluding hydrogens is 278 g/mol. The summed E-state index contributed by atoms with van der Waals surface area (Å²) in [6.45, 7) is 0.427. The Morgan fingerprint density at radius 2 is 2.20 bits per heavy atom. The number of hydrogen-bond donors (Lipinski definition) is 2. The van der Waals surface area contributed by atoms with Crippen LogP contribution in [-0.4, -0.2) is 30.6 Å². The summed E-state index contributed by atoms with van der Waals surface area (Å²) in [5.41, 5.74) is 0. The van der Waals surface area contributed by atoms with Gasteiger partial charge in [-0.3, -0.25) is 9.59 Å². The summed E-state index contributed by atoms with van der Waals surface area (Å²) in [5.74, 6) is -0.537. The van der Waals surface area contributed by atoms with E-state index in [0.717, 1.165) is 19.3 Å². The summed E-state index contributed by atoms with van der Waals surface area (Å²) < 4.78 is 5.04. The van der Waals surface area contributed by atoms with Crippen LogP contribution in [0, 0.1) is 11.8 Å². The van der Waals surface area contributed by atoms with E-state index in [1.807, 2.05) is 0 Å². The third kappa shape index (κ3) is 3.50. The lowest BCUT2D eigenvalue weighted by Crippen LogP contribution is -2.37. The molecule has 0 saturated heterocycles. The van der Waals surface area contributed by atoms with Crippen LogP contribution < -0.4 is 10.1 Å². The molecule has 1 amide bonds. The van der Waals surface area contributed by atoms with Crippen LogP contribution in [0.2, 0.25) is 0 Å². The third-order valence-electron chi connectivity index (χ3n) is 3.79. The van der Waals surface area contributed by atoms with Crippen LogP contribution in [0.15, 0.2) is 11.4 Å². The van der Waals surface area contributed by atoms with E-state index in [1.54, 1.807) is 18.6 Å². The Bertz CT molecular complexity index is 485. The molecule has 0 aromatic carbocycles. The summed E-state index contributed by atoms with van der Waals surface area (Å²) in [6, 6.07) is 1.69. The van der Waals surface area contributed by atoms with Crippen molar-refractivity contribution in [2.45, 2.75) is 25.7 Å². The zero-order valence-corrected chi connectivity index (χ0v) is 12.2. The van der Waals surface area contributed by atoms with Gasteiger partial charge in [-0.1, -0.05) is 12.8 Å². The van der Waals surface area contributed by atoms with Crippen molar-refractivity contribution < 1.29 is 19.4 Å². The molecule has 1 fully saturated rings. The summed E-state index contributed by atoms with van der Waals surface area (Å²) >= 11 is 1.32.